The standard InChI is InChI=1S/C23H30N8O2.C2H2O4/c1-3-30-23(32)31(27-26-30)15-14-28-12-10-18(11-13-28)24-22-25-20-6-4-5-7-21(20)29(22)16-19-9-8-17(2)33-19;3-1(4)2(5)6/h4-9,18H,3,10-16H2,1-2H3,(H,24,25);(H,3,4)(H,5,6). The predicted molar refractivity (Wildman–Crippen MR) is 141 cm³/mol. The van der Waals surface area contributed by atoms with Crippen molar-refractivity contribution in [2.75, 3.05) is 25.0 Å². The predicted octanol–water partition coefficient (Wildman–Crippen LogP) is 1.49. The minimum Gasteiger partial charge on any atom is -0.473 e. The molecule has 4 heterocycles. The molecule has 14 heteroatoms. The lowest BCUT2D eigenvalue weighted by molar-refractivity contribution is -0.159. The highest BCUT2D eigenvalue weighted by Crippen LogP contribution is 2.24. The minimum absolute atomic E-state index is 0.139. The van der Waals surface area contributed by atoms with Gasteiger partial charge in [-0.2, -0.15) is 9.36 Å². The average molecular weight is 541 g/mol. The molecule has 1 aliphatic heterocycles. The van der Waals surface area contributed by atoms with Crippen molar-refractivity contribution in [3.8, 4) is 0 Å². The molecule has 0 amide bonds. The molecule has 208 valence electrons. The number of tetrazole rings is 1. The molecule has 3 aromatic heterocycles. The molecule has 0 bridgehead atoms. The van der Waals surface area contributed by atoms with Crippen LogP contribution in [0, 0.1) is 6.92 Å². The van der Waals surface area contributed by atoms with E-state index in [1.165, 1.54) is 9.36 Å². The fourth-order valence-corrected chi connectivity index (χ4v) is 4.44. The van der Waals surface area contributed by atoms with E-state index in [-0.39, 0.29) is 5.69 Å². The minimum atomic E-state index is -1.82. The molecular formula is C25H32N8O6. The lowest BCUT2D eigenvalue weighted by atomic mass is 10.1. The number of carbonyl (C=O) groups is 2. The van der Waals surface area contributed by atoms with Crippen LogP contribution < -0.4 is 11.0 Å². The number of fused-ring (bicyclic) bond motifs is 1. The van der Waals surface area contributed by atoms with Gasteiger partial charge in [0.2, 0.25) is 5.95 Å². The van der Waals surface area contributed by atoms with Gasteiger partial charge < -0.3 is 29.4 Å². The number of aromatic nitrogens is 6. The number of imidazole rings is 1. The third kappa shape index (κ3) is 6.90. The Morgan fingerprint density at radius 1 is 1.03 bits per heavy atom. The third-order valence-corrected chi connectivity index (χ3v) is 6.49. The summed E-state index contributed by atoms with van der Waals surface area (Å²) in [7, 11) is 0. The molecule has 14 nitrogen and oxygen atoms in total. The summed E-state index contributed by atoms with van der Waals surface area (Å²) in [5.74, 6) is -0.934. The Bertz CT molecular complexity index is 1470. The molecule has 1 aliphatic rings. The number of para-hydroxylation sites is 2. The number of carboxylic acids is 2. The van der Waals surface area contributed by atoms with E-state index in [4.69, 9.17) is 29.2 Å². The number of anilines is 1. The molecular weight excluding hydrogens is 508 g/mol. The molecule has 1 aromatic carbocycles. The summed E-state index contributed by atoms with van der Waals surface area (Å²) in [6.07, 6.45) is 2.03. The average Bonchev–Trinajstić information content (AvgIpc) is 3.61. The van der Waals surface area contributed by atoms with Gasteiger partial charge in [-0.3, -0.25) is 0 Å². The van der Waals surface area contributed by atoms with E-state index in [0.29, 0.717) is 25.7 Å². The highest BCUT2D eigenvalue weighted by Gasteiger charge is 2.22. The number of carboxylic acid groups (broad SMARTS) is 2. The Morgan fingerprint density at radius 3 is 2.33 bits per heavy atom. The summed E-state index contributed by atoms with van der Waals surface area (Å²) < 4.78 is 10.9. The summed E-state index contributed by atoms with van der Waals surface area (Å²) >= 11 is 0. The zero-order valence-electron chi connectivity index (χ0n) is 21.9. The molecule has 0 atom stereocenters. The van der Waals surface area contributed by atoms with Gasteiger partial charge in [-0.15, -0.1) is 0 Å². The molecule has 3 N–H and O–H groups in total. The zero-order valence-corrected chi connectivity index (χ0v) is 21.9. The molecule has 1 fully saturated rings. The van der Waals surface area contributed by atoms with Gasteiger partial charge in [0, 0.05) is 32.2 Å². The van der Waals surface area contributed by atoms with E-state index in [0.717, 1.165) is 61.0 Å². The Kier molecular flexibility index (Phi) is 8.76. The van der Waals surface area contributed by atoms with Crippen LogP contribution in [-0.4, -0.2) is 82.1 Å². The van der Waals surface area contributed by atoms with Crippen LogP contribution in [0.15, 0.2) is 45.6 Å². The normalized spacial score (nSPS) is 14.2. The number of aliphatic carboxylic acids is 2. The zero-order chi connectivity index (χ0) is 27.9. The van der Waals surface area contributed by atoms with Crippen LogP contribution in [0.1, 0.15) is 31.3 Å². The Balaban J connectivity index is 0.000000531. The number of nitrogens with zero attached hydrogens (tertiary/aromatic N) is 7. The lowest BCUT2D eigenvalue weighted by Gasteiger charge is -2.32. The number of aryl methyl sites for hydroxylation is 2. The molecule has 0 saturated carbocycles. The summed E-state index contributed by atoms with van der Waals surface area (Å²) in [6.45, 7) is 8.33. The molecule has 4 aromatic rings. The molecule has 1 saturated heterocycles. The fraction of sp³-hybridized carbons (Fsp3) is 0.440. The maximum atomic E-state index is 12.1. The first-order valence-corrected chi connectivity index (χ1v) is 12.7. The van der Waals surface area contributed by atoms with Crippen LogP contribution in [0.25, 0.3) is 11.0 Å². The molecule has 0 spiro atoms. The summed E-state index contributed by atoms with van der Waals surface area (Å²) in [5.41, 5.74) is 1.93. The maximum absolute atomic E-state index is 12.1. The topological polar surface area (TPSA) is 174 Å². The smallest absolute Gasteiger partial charge is 0.414 e. The second-order valence-corrected chi connectivity index (χ2v) is 9.19. The van der Waals surface area contributed by atoms with Crippen LogP contribution in [0.2, 0.25) is 0 Å². The highest BCUT2D eigenvalue weighted by atomic mass is 16.4. The van der Waals surface area contributed by atoms with Gasteiger partial charge in [-0.05, 0) is 61.4 Å². The quantitative estimate of drug-likeness (QED) is 0.276. The number of rotatable bonds is 8. The third-order valence-electron chi connectivity index (χ3n) is 6.49. The van der Waals surface area contributed by atoms with E-state index < -0.39 is 11.9 Å². The van der Waals surface area contributed by atoms with Crippen molar-refractivity contribution in [3.63, 3.8) is 0 Å². The van der Waals surface area contributed by atoms with Crippen LogP contribution in [0.4, 0.5) is 5.95 Å². The summed E-state index contributed by atoms with van der Waals surface area (Å²) in [5, 5.41) is 26.3. The number of nitrogens with one attached hydrogen (secondary N) is 1. The number of benzene rings is 1. The maximum Gasteiger partial charge on any atom is 0.414 e. The molecule has 5 rings (SSSR count). The highest BCUT2D eigenvalue weighted by molar-refractivity contribution is 6.27. The van der Waals surface area contributed by atoms with Gasteiger partial charge in [0.25, 0.3) is 0 Å². The fourth-order valence-electron chi connectivity index (χ4n) is 4.44. The van der Waals surface area contributed by atoms with Crippen LogP contribution in [0.5, 0.6) is 0 Å². The Labute approximate surface area is 223 Å². The van der Waals surface area contributed by atoms with E-state index in [9.17, 15) is 4.79 Å². The van der Waals surface area contributed by atoms with E-state index in [1.807, 2.05) is 44.2 Å². The number of hydrogen-bond acceptors (Lipinski definition) is 9. The van der Waals surface area contributed by atoms with E-state index >= 15 is 0 Å². The molecule has 39 heavy (non-hydrogen) atoms. The van der Waals surface area contributed by atoms with E-state index in [2.05, 4.69) is 31.3 Å². The number of likely N-dealkylation sites (tertiary alicyclic amines) is 1. The second kappa shape index (κ2) is 12.4. The van der Waals surface area contributed by atoms with Crippen LogP contribution in [0.3, 0.4) is 0 Å². The van der Waals surface area contributed by atoms with Crippen molar-refractivity contribution < 1.29 is 24.2 Å². The van der Waals surface area contributed by atoms with Gasteiger partial charge in [0.05, 0.1) is 24.1 Å². The Hall–Kier alpha value is -4.46. The number of hydrogen-bond donors (Lipinski definition) is 3. The number of furan rings is 1. The van der Waals surface area contributed by atoms with Crippen molar-refractivity contribution in [1.82, 2.24) is 34.2 Å². The summed E-state index contributed by atoms with van der Waals surface area (Å²) in [6, 6.07) is 12.6. The van der Waals surface area contributed by atoms with Crippen molar-refractivity contribution in [2.45, 2.75) is 52.4 Å². The van der Waals surface area contributed by atoms with Crippen LogP contribution in [-0.2, 0) is 29.2 Å². The van der Waals surface area contributed by atoms with Crippen molar-refractivity contribution in [3.05, 3.63) is 58.4 Å². The van der Waals surface area contributed by atoms with Crippen LogP contribution >= 0.6 is 0 Å². The number of piperidine rings is 1. The first kappa shape index (κ1) is 27.6. The van der Waals surface area contributed by atoms with Crippen molar-refractivity contribution >= 4 is 28.9 Å². The molecule has 0 aliphatic carbocycles. The second-order valence-electron chi connectivity index (χ2n) is 9.19. The lowest BCUT2D eigenvalue weighted by Crippen LogP contribution is -2.41. The summed E-state index contributed by atoms with van der Waals surface area (Å²) in [4.78, 5) is 37.6. The van der Waals surface area contributed by atoms with Gasteiger partial charge in [0.1, 0.15) is 11.5 Å². The SMILES string of the molecule is CCn1nnn(CCN2CCC(Nc3nc4ccccc4n3Cc3ccc(C)o3)CC2)c1=O.O=C(O)C(=O)O. The first-order valence-electron chi connectivity index (χ1n) is 12.7. The van der Waals surface area contributed by atoms with E-state index in [1.54, 1.807) is 0 Å². The van der Waals surface area contributed by atoms with Crippen molar-refractivity contribution in [2.24, 2.45) is 0 Å². The van der Waals surface area contributed by atoms with Crippen molar-refractivity contribution in [1.29, 1.82) is 0 Å². The Morgan fingerprint density at radius 2 is 1.72 bits per heavy atom. The molecule has 0 radical (unpaired) electrons. The van der Waals surface area contributed by atoms with Gasteiger partial charge >= 0.3 is 17.6 Å². The van der Waals surface area contributed by atoms with Gasteiger partial charge in [0.15, 0.2) is 0 Å². The first-order chi connectivity index (χ1) is 18.7. The largest absolute Gasteiger partial charge is 0.473 e. The van der Waals surface area contributed by atoms with Gasteiger partial charge in [-0.25, -0.2) is 19.4 Å². The monoisotopic (exact) mass is 540 g/mol. The molecule has 0 unspecified atom stereocenters. The van der Waals surface area contributed by atoms with Gasteiger partial charge in [-0.1, -0.05) is 12.1 Å².